The Bertz CT molecular complexity index is 1460. The topological polar surface area (TPSA) is 149 Å². The van der Waals surface area contributed by atoms with Crippen LogP contribution in [-0.4, -0.2) is 65.6 Å². The molecule has 0 radical (unpaired) electrons. The number of nitrogens with one attached hydrogen (secondary N) is 1. The molecular formula is C25H31FN6O6S. The Morgan fingerprint density at radius 1 is 1.18 bits per heavy atom. The number of anilines is 2. The Morgan fingerprint density at radius 3 is 2.46 bits per heavy atom. The molecule has 0 spiro atoms. The Balaban J connectivity index is 1.75. The summed E-state index contributed by atoms with van der Waals surface area (Å²) in [5, 5.41) is 9.77. The molecule has 14 heteroatoms. The van der Waals surface area contributed by atoms with Gasteiger partial charge in [-0.15, -0.1) is 0 Å². The third kappa shape index (κ3) is 5.90. The van der Waals surface area contributed by atoms with Gasteiger partial charge < -0.3 is 19.5 Å². The zero-order valence-electron chi connectivity index (χ0n) is 21.9. The van der Waals surface area contributed by atoms with Gasteiger partial charge in [0.25, 0.3) is 5.56 Å². The first-order valence-electron chi connectivity index (χ1n) is 12.5. The van der Waals surface area contributed by atoms with E-state index < -0.39 is 38.2 Å². The van der Waals surface area contributed by atoms with E-state index >= 15 is 0 Å². The van der Waals surface area contributed by atoms with Crippen molar-refractivity contribution in [3.8, 4) is 23.1 Å². The number of rotatable bonds is 10. The molecule has 1 saturated heterocycles. The molecular weight excluding hydrogens is 531 g/mol. The van der Waals surface area contributed by atoms with Crippen molar-refractivity contribution in [1.82, 2.24) is 19.5 Å². The second-order valence-corrected chi connectivity index (χ2v) is 11.0. The number of para-hydroxylation sites is 1. The van der Waals surface area contributed by atoms with E-state index in [2.05, 4.69) is 19.7 Å². The van der Waals surface area contributed by atoms with Crippen molar-refractivity contribution in [2.24, 2.45) is 0 Å². The summed E-state index contributed by atoms with van der Waals surface area (Å²) >= 11 is 0. The zero-order chi connectivity index (χ0) is 28.2. The van der Waals surface area contributed by atoms with E-state index in [1.54, 1.807) is 23.1 Å². The number of nitrogens with zero attached hydrogens (tertiary/aromatic N) is 5. The van der Waals surface area contributed by atoms with Crippen LogP contribution in [0.25, 0.3) is 5.69 Å². The third-order valence-electron chi connectivity index (χ3n) is 6.46. The van der Waals surface area contributed by atoms with Crippen molar-refractivity contribution >= 4 is 21.7 Å². The summed E-state index contributed by atoms with van der Waals surface area (Å²) in [4.78, 5) is 27.6. The highest BCUT2D eigenvalue weighted by Crippen LogP contribution is 2.34. The highest BCUT2D eigenvalue weighted by molar-refractivity contribution is 7.93. The SMILES string of the molecule is CCCCc1nc(O)c(NS(=O)(=O)[C@H]2CCCN(c3ncc(F)cn3)C2)c(=O)n1-c1c(OC)cccc1OC. The molecule has 1 atom stereocenters. The number of unbranched alkanes of at least 4 members (excludes halogenated alkanes) is 1. The number of piperidine rings is 1. The quantitative estimate of drug-likeness (QED) is 0.378. The fourth-order valence-corrected chi connectivity index (χ4v) is 5.98. The Morgan fingerprint density at radius 2 is 1.85 bits per heavy atom. The molecule has 210 valence electrons. The Hall–Kier alpha value is -3.94. The predicted octanol–water partition coefficient (Wildman–Crippen LogP) is 2.64. The Labute approximate surface area is 225 Å². The summed E-state index contributed by atoms with van der Waals surface area (Å²) in [6.45, 7) is 2.47. The molecule has 1 fully saturated rings. The number of aromatic nitrogens is 4. The second-order valence-electron chi connectivity index (χ2n) is 9.04. The average molecular weight is 563 g/mol. The number of hydrogen-bond donors (Lipinski definition) is 2. The lowest BCUT2D eigenvalue weighted by Gasteiger charge is -2.32. The molecule has 12 nitrogen and oxygen atoms in total. The number of aryl methyl sites for hydroxylation is 1. The molecule has 0 amide bonds. The molecule has 3 heterocycles. The Kier molecular flexibility index (Phi) is 8.53. The first kappa shape index (κ1) is 28.1. The summed E-state index contributed by atoms with van der Waals surface area (Å²) in [5.41, 5.74) is -1.17. The molecule has 1 aliphatic rings. The molecule has 2 N–H and O–H groups in total. The molecule has 4 rings (SSSR count). The first-order valence-corrected chi connectivity index (χ1v) is 14.0. The molecule has 1 aromatic carbocycles. The van der Waals surface area contributed by atoms with E-state index in [1.807, 2.05) is 6.92 Å². The fraction of sp³-hybridized carbons (Fsp3) is 0.440. The van der Waals surface area contributed by atoms with Crippen LogP contribution in [0.5, 0.6) is 17.4 Å². The van der Waals surface area contributed by atoms with Gasteiger partial charge in [0.15, 0.2) is 11.5 Å². The summed E-state index contributed by atoms with van der Waals surface area (Å²) in [5.74, 6) is -0.297. The van der Waals surface area contributed by atoms with Gasteiger partial charge in [0, 0.05) is 19.5 Å². The van der Waals surface area contributed by atoms with Gasteiger partial charge in [0.05, 0.1) is 31.9 Å². The minimum atomic E-state index is -4.19. The summed E-state index contributed by atoms with van der Waals surface area (Å²) < 4.78 is 54.6. The molecule has 0 saturated carbocycles. The van der Waals surface area contributed by atoms with Crippen LogP contribution in [0.2, 0.25) is 0 Å². The van der Waals surface area contributed by atoms with Crippen LogP contribution in [0.4, 0.5) is 16.0 Å². The van der Waals surface area contributed by atoms with Crippen molar-refractivity contribution in [1.29, 1.82) is 0 Å². The van der Waals surface area contributed by atoms with Gasteiger partial charge in [0.2, 0.25) is 21.9 Å². The van der Waals surface area contributed by atoms with E-state index in [4.69, 9.17) is 9.47 Å². The van der Waals surface area contributed by atoms with E-state index in [9.17, 15) is 22.7 Å². The molecule has 3 aromatic rings. The summed E-state index contributed by atoms with van der Waals surface area (Å²) in [6.07, 6.45) is 4.61. The lowest BCUT2D eigenvalue weighted by molar-refractivity contribution is 0.388. The normalized spacial score (nSPS) is 15.7. The van der Waals surface area contributed by atoms with Crippen LogP contribution in [0, 0.1) is 5.82 Å². The maximum atomic E-state index is 13.8. The second kappa shape index (κ2) is 11.8. The first-order chi connectivity index (χ1) is 18.7. The molecule has 0 aliphatic carbocycles. The van der Waals surface area contributed by atoms with Crippen LogP contribution in [0.3, 0.4) is 0 Å². The van der Waals surface area contributed by atoms with Gasteiger partial charge in [-0.3, -0.25) is 14.1 Å². The van der Waals surface area contributed by atoms with Crippen molar-refractivity contribution in [2.75, 3.05) is 36.9 Å². The van der Waals surface area contributed by atoms with Crippen LogP contribution < -0.4 is 24.7 Å². The van der Waals surface area contributed by atoms with Crippen LogP contribution >= 0.6 is 0 Å². The van der Waals surface area contributed by atoms with E-state index in [-0.39, 0.29) is 24.0 Å². The van der Waals surface area contributed by atoms with Gasteiger partial charge in [-0.2, -0.15) is 4.98 Å². The lowest BCUT2D eigenvalue weighted by Crippen LogP contribution is -2.45. The zero-order valence-corrected chi connectivity index (χ0v) is 22.7. The average Bonchev–Trinajstić information content (AvgIpc) is 2.94. The van der Waals surface area contributed by atoms with Crippen LogP contribution in [0.1, 0.15) is 38.4 Å². The van der Waals surface area contributed by atoms with Crippen LogP contribution in [-0.2, 0) is 16.4 Å². The van der Waals surface area contributed by atoms with Crippen LogP contribution in [0.15, 0.2) is 35.4 Å². The fourth-order valence-electron chi connectivity index (χ4n) is 4.49. The van der Waals surface area contributed by atoms with Gasteiger partial charge in [-0.05, 0) is 31.4 Å². The van der Waals surface area contributed by atoms with Gasteiger partial charge in [-0.25, -0.2) is 22.8 Å². The van der Waals surface area contributed by atoms with Crippen molar-refractivity contribution in [2.45, 2.75) is 44.3 Å². The van der Waals surface area contributed by atoms with Crippen molar-refractivity contribution in [3.63, 3.8) is 0 Å². The smallest absolute Gasteiger partial charge is 0.286 e. The third-order valence-corrected chi connectivity index (χ3v) is 8.21. The largest absolute Gasteiger partial charge is 0.494 e. The van der Waals surface area contributed by atoms with Crippen molar-refractivity contribution < 1.29 is 27.4 Å². The van der Waals surface area contributed by atoms with Gasteiger partial charge >= 0.3 is 0 Å². The number of hydrogen-bond acceptors (Lipinski definition) is 10. The molecule has 39 heavy (non-hydrogen) atoms. The number of aromatic hydroxyl groups is 1. The van der Waals surface area contributed by atoms with Crippen molar-refractivity contribution in [3.05, 3.63) is 52.6 Å². The maximum absolute atomic E-state index is 13.8. The minimum absolute atomic E-state index is 0.0122. The van der Waals surface area contributed by atoms with E-state index in [0.717, 1.165) is 18.8 Å². The number of methoxy groups -OCH3 is 2. The number of ether oxygens (including phenoxy) is 2. The van der Waals surface area contributed by atoms with Gasteiger partial charge in [0.1, 0.15) is 23.0 Å². The maximum Gasteiger partial charge on any atom is 0.286 e. The number of halogens is 1. The molecule has 1 aliphatic heterocycles. The number of sulfonamides is 1. The summed E-state index contributed by atoms with van der Waals surface area (Å²) in [6, 6.07) is 4.96. The molecule has 0 unspecified atom stereocenters. The molecule has 2 aromatic heterocycles. The number of benzene rings is 1. The highest BCUT2D eigenvalue weighted by Gasteiger charge is 2.34. The highest BCUT2D eigenvalue weighted by atomic mass is 32.2. The summed E-state index contributed by atoms with van der Waals surface area (Å²) in [7, 11) is -1.31. The standard InChI is InChI=1S/C25H31FN6O6S/c1-4-5-11-20-29-23(33)21(24(34)32(20)22-18(37-2)9-6-10-19(22)38-3)30-39(35,36)17-8-7-12-31(15-17)25-27-13-16(26)14-28-25/h6,9-10,13-14,17,30,33H,4-5,7-8,11-12,15H2,1-3H3/t17-/m0/s1. The van der Waals surface area contributed by atoms with E-state index in [1.165, 1.54) is 18.8 Å². The predicted molar refractivity (Wildman–Crippen MR) is 143 cm³/mol. The monoisotopic (exact) mass is 562 g/mol. The minimum Gasteiger partial charge on any atom is -0.494 e. The lowest BCUT2D eigenvalue weighted by atomic mass is 10.1. The molecule has 0 bridgehead atoms. The van der Waals surface area contributed by atoms with Gasteiger partial charge in [-0.1, -0.05) is 19.4 Å². The van der Waals surface area contributed by atoms with E-state index in [0.29, 0.717) is 43.7 Å².